The fourth-order valence-corrected chi connectivity index (χ4v) is 3.35. The number of anilines is 2. The summed E-state index contributed by atoms with van der Waals surface area (Å²) < 4.78 is 1.10. The molecule has 3 rings (SSSR count). The van der Waals surface area contributed by atoms with Crippen molar-refractivity contribution in [1.82, 2.24) is 4.98 Å². The van der Waals surface area contributed by atoms with Gasteiger partial charge in [0.2, 0.25) is 0 Å². The minimum absolute atomic E-state index is 0.829. The summed E-state index contributed by atoms with van der Waals surface area (Å²) in [6.45, 7) is 8.22. The van der Waals surface area contributed by atoms with Crippen molar-refractivity contribution in [2.24, 2.45) is 0 Å². The zero-order chi connectivity index (χ0) is 19.6. The SMILES string of the molecule is C=c1nc(NC)s/c1=C/c1ccc(C)cc1.CCCc1ccc(NC)cc1. The van der Waals surface area contributed by atoms with E-state index < -0.39 is 0 Å². The molecule has 1 heterocycles. The Balaban J connectivity index is 0.000000208. The van der Waals surface area contributed by atoms with Crippen molar-refractivity contribution in [1.29, 1.82) is 0 Å². The Morgan fingerprint density at radius 3 is 2.19 bits per heavy atom. The van der Waals surface area contributed by atoms with Gasteiger partial charge in [0.25, 0.3) is 0 Å². The van der Waals surface area contributed by atoms with E-state index in [2.05, 4.69) is 90.7 Å². The maximum Gasteiger partial charge on any atom is 0.183 e. The highest BCUT2D eigenvalue weighted by Crippen LogP contribution is 2.09. The van der Waals surface area contributed by atoms with Crippen molar-refractivity contribution in [2.45, 2.75) is 26.7 Å². The molecule has 0 bridgehead atoms. The topological polar surface area (TPSA) is 37.0 Å². The van der Waals surface area contributed by atoms with Gasteiger partial charge in [-0.25, -0.2) is 4.98 Å². The van der Waals surface area contributed by atoms with E-state index in [9.17, 15) is 0 Å². The van der Waals surface area contributed by atoms with Crippen molar-refractivity contribution < 1.29 is 0 Å². The quantitative estimate of drug-likeness (QED) is 0.689. The van der Waals surface area contributed by atoms with Crippen LogP contribution in [0.1, 0.15) is 30.0 Å². The second-order valence-corrected chi connectivity index (χ2v) is 7.36. The van der Waals surface area contributed by atoms with E-state index in [0.717, 1.165) is 15.0 Å². The fraction of sp³-hybridized carbons (Fsp3) is 0.261. The zero-order valence-corrected chi connectivity index (χ0v) is 17.5. The van der Waals surface area contributed by atoms with Crippen LogP contribution in [0.2, 0.25) is 0 Å². The molecule has 142 valence electrons. The average molecular weight is 380 g/mol. The van der Waals surface area contributed by atoms with Gasteiger partial charge in [-0.15, -0.1) is 0 Å². The second-order valence-electron chi connectivity index (χ2n) is 6.33. The molecule has 2 aromatic carbocycles. The summed E-state index contributed by atoms with van der Waals surface area (Å²) in [5, 5.41) is 7.86. The molecule has 1 aromatic heterocycles. The molecule has 0 saturated heterocycles. The van der Waals surface area contributed by atoms with Crippen LogP contribution < -0.4 is 20.5 Å². The first-order valence-electron chi connectivity index (χ1n) is 9.24. The van der Waals surface area contributed by atoms with E-state index in [-0.39, 0.29) is 0 Å². The Kier molecular flexibility index (Phi) is 8.08. The van der Waals surface area contributed by atoms with Crippen LogP contribution in [-0.2, 0) is 6.42 Å². The van der Waals surface area contributed by atoms with Crippen molar-refractivity contribution in [3.05, 3.63) is 75.1 Å². The van der Waals surface area contributed by atoms with Gasteiger partial charge < -0.3 is 10.6 Å². The second kappa shape index (κ2) is 10.5. The summed E-state index contributed by atoms with van der Waals surface area (Å²) >= 11 is 1.62. The molecule has 3 aromatic rings. The molecular weight excluding hydrogens is 350 g/mol. The lowest BCUT2D eigenvalue weighted by molar-refractivity contribution is 0.922. The molecule has 0 radical (unpaired) electrons. The smallest absolute Gasteiger partial charge is 0.183 e. The monoisotopic (exact) mass is 379 g/mol. The summed E-state index contributed by atoms with van der Waals surface area (Å²) in [6.07, 6.45) is 4.52. The number of nitrogens with one attached hydrogen (secondary N) is 2. The van der Waals surface area contributed by atoms with Crippen LogP contribution in [0.4, 0.5) is 10.8 Å². The highest BCUT2D eigenvalue weighted by molar-refractivity contribution is 7.13. The number of hydrogen-bond donors (Lipinski definition) is 2. The van der Waals surface area contributed by atoms with Crippen molar-refractivity contribution in [3.63, 3.8) is 0 Å². The van der Waals surface area contributed by atoms with E-state index in [0.29, 0.717) is 0 Å². The van der Waals surface area contributed by atoms with Crippen molar-refractivity contribution in [3.8, 4) is 0 Å². The highest BCUT2D eigenvalue weighted by atomic mass is 32.1. The van der Waals surface area contributed by atoms with Crippen LogP contribution in [-0.4, -0.2) is 19.1 Å². The third-order valence-corrected chi connectivity index (χ3v) is 5.16. The molecule has 27 heavy (non-hydrogen) atoms. The normalized spacial score (nSPS) is 10.9. The van der Waals surface area contributed by atoms with Gasteiger partial charge in [0.05, 0.1) is 9.88 Å². The predicted octanol–water partition coefficient (Wildman–Crippen LogP) is 4.41. The minimum Gasteiger partial charge on any atom is -0.388 e. The number of thiazole rings is 1. The van der Waals surface area contributed by atoms with Gasteiger partial charge in [0, 0.05) is 19.8 Å². The van der Waals surface area contributed by atoms with E-state index >= 15 is 0 Å². The van der Waals surface area contributed by atoms with Crippen LogP contribution in [0.25, 0.3) is 12.7 Å². The lowest BCUT2D eigenvalue weighted by Crippen LogP contribution is -2.18. The molecule has 0 amide bonds. The van der Waals surface area contributed by atoms with E-state index in [1.807, 2.05) is 14.1 Å². The number of aryl methyl sites for hydroxylation is 2. The average Bonchev–Trinajstić information content (AvgIpc) is 3.05. The molecule has 2 N–H and O–H groups in total. The summed E-state index contributed by atoms with van der Waals surface area (Å²) in [5.41, 5.74) is 5.06. The van der Waals surface area contributed by atoms with Gasteiger partial charge in [-0.05, 0) is 42.7 Å². The first kappa shape index (κ1) is 20.7. The van der Waals surface area contributed by atoms with Crippen molar-refractivity contribution in [2.75, 3.05) is 24.7 Å². The molecule has 0 spiro atoms. The minimum atomic E-state index is 0.829. The van der Waals surface area contributed by atoms with E-state index in [1.165, 1.54) is 35.2 Å². The molecule has 0 unspecified atom stereocenters. The largest absolute Gasteiger partial charge is 0.388 e. The number of aromatic nitrogens is 1. The zero-order valence-electron chi connectivity index (χ0n) is 16.7. The molecule has 0 fully saturated rings. The molecule has 0 saturated carbocycles. The molecule has 0 aliphatic rings. The Hall–Kier alpha value is -2.59. The van der Waals surface area contributed by atoms with Crippen LogP contribution >= 0.6 is 11.3 Å². The van der Waals surface area contributed by atoms with Crippen LogP contribution in [0, 0.1) is 6.92 Å². The summed E-state index contributed by atoms with van der Waals surface area (Å²) in [5.74, 6) is 0. The maximum atomic E-state index is 4.31. The molecule has 0 aliphatic heterocycles. The van der Waals surface area contributed by atoms with Gasteiger partial charge in [-0.2, -0.15) is 0 Å². The first-order valence-corrected chi connectivity index (χ1v) is 10.1. The first-order chi connectivity index (χ1) is 13.0. The molecular formula is C23H29N3S. The summed E-state index contributed by atoms with van der Waals surface area (Å²) in [4.78, 5) is 4.31. The number of hydrogen-bond acceptors (Lipinski definition) is 4. The van der Waals surface area contributed by atoms with Crippen molar-refractivity contribution >= 4 is 34.8 Å². The van der Waals surface area contributed by atoms with Gasteiger partial charge in [-0.1, -0.05) is 73.2 Å². The summed E-state index contributed by atoms with van der Waals surface area (Å²) in [7, 11) is 3.81. The Bertz CT molecular complexity index is 925. The standard InChI is InChI=1S/C13H14N2S.C10H15N/c1-9-4-6-11(7-5-9)8-12-10(2)15-13(14-3)16-12;1-3-4-9-5-7-10(11-2)8-6-9/h4-8H,2H2,1,3H3,(H,14,15);5-8,11H,3-4H2,1-2H3/b12-8+;. The number of rotatable bonds is 5. The van der Waals surface area contributed by atoms with E-state index in [4.69, 9.17) is 0 Å². The van der Waals surface area contributed by atoms with Gasteiger partial charge in [0.15, 0.2) is 5.13 Å². The molecule has 0 aliphatic carbocycles. The van der Waals surface area contributed by atoms with Crippen LogP contribution in [0.5, 0.6) is 0 Å². The third kappa shape index (κ3) is 6.57. The molecule has 3 nitrogen and oxygen atoms in total. The number of nitrogens with zero attached hydrogens (tertiary/aromatic N) is 1. The third-order valence-electron chi connectivity index (χ3n) is 4.10. The Morgan fingerprint density at radius 1 is 1.00 bits per heavy atom. The highest BCUT2D eigenvalue weighted by Gasteiger charge is 1.95. The van der Waals surface area contributed by atoms with Gasteiger partial charge in [0.1, 0.15) is 0 Å². The van der Waals surface area contributed by atoms with Gasteiger partial charge in [-0.3, -0.25) is 0 Å². The number of benzene rings is 2. The van der Waals surface area contributed by atoms with Crippen LogP contribution in [0.3, 0.4) is 0 Å². The fourth-order valence-electron chi connectivity index (χ4n) is 2.52. The summed E-state index contributed by atoms with van der Waals surface area (Å²) in [6, 6.07) is 17.0. The van der Waals surface area contributed by atoms with E-state index in [1.54, 1.807) is 11.3 Å². The molecule has 0 atom stereocenters. The van der Waals surface area contributed by atoms with Crippen LogP contribution in [0.15, 0.2) is 48.5 Å². The Morgan fingerprint density at radius 2 is 1.67 bits per heavy atom. The van der Waals surface area contributed by atoms with Gasteiger partial charge >= 0.3 is 0 Å². The lowest BCUT2D eigenvalue weighted by Gasteiger charge is -2.01. The Labute approximate surface area is 166 Å². The molecule has 4 heteroatoms. The lowest BCUT2D eigenvalue weighted by atomic mass is 10.1. The maximum absolute atomic E-state index is 4.31. The predicted molar refractivity (Wildman–Crippen MR) is 121 cm³/mol.